The molecule has 0 N–H and O–H groups in total. The maximum Gasteiger partial charge on any atom is 0.184 e. The third-order valence-corrected chi connectivity index (χ3v) is 17.6. The smallest absolute Gasteiger partial charge is 0.184 e. The van der Waals surface area contributed by atoms with Crippen LogP contribution >= 0.6 is 56.7 Å². The van der Waals surface area contributed by atoms with Crippen LogP contribution in [0.1, 0.15) is 99.1 Å². The number of carbonyl (C=O) groups excluding carboxylic acids is 5. The summed E-state index contributed by atoms with van der Waals surface area (Å²) in [4.78, 5) is 64.8. The van der Waals surface area contributed by atoms with Gasteiger partial charge in [-0.25, -0.2) is 0 Å². The Balaban J connectivity index is -0.000000122. The van der Waals surface area contributed by atoms with Crippen molar-refractivity contribution in [2.75, 3.05) is 13.2 Å². The Hall–Kier alpha value is 7.09. The summed E-state index contributed by atoms with van der Waals surface area (Å²) in [6.07, 6.45) is 1.30. The third-order valence-electron chi connectivity index (χ3n) is 12.7. The number of ether oxygens (including phenoxy) is 4. The van der Waals surface area contributed by atoms with Gasteiger partial charge in [-0.15, -0.1) is 90.6 Å². The van der Waals surface area contributed by atoms with Crippen molar-refractivity contribution in [3.63, 3.8) is 0 Å². The van der Waals surface area contributed by atoms with E-state index in [0.717, 1.165) is 122 Å². The summed E-state index contributed by atoms with van der Waals surface area (Å²) in [6, 6.07) is 9.98. The van der Waals surface area contributed by atoms with Crippen LogP contribution in [0.2, 0.25) is 0 Å². The van der Waals surface area contributed by atoms with E-state index >= 15 is 0 Å². The van der Waals surface area contributed by atoms with Gasteiger partial charge in [0, 0.05) is 549 Å². The first-order chi connectivity index (χ1) is 38.8. The number of Topliss-reactive ketones (excluding diaryl/α,β-unsaturated/α-hetero) is 5. The molecule has 0 atom stereocenters. The molecule has 0 saturated heterocycles. The monoisotopic (exact) mass is 4380 g/mol. The molecule has 0 unspecified atom stereocenters. The molecular weight excluding hydrogens is 4340 g/mol. The van der Waals surface area contributed by atoms with Crippen molar-refractivity contribution in [1.29, 1.82) is 0 Å². The van der Waals surface area contributed by atoms with E-state index in [1.807, 2.05) is 65.0 Å². The van der Waals surface area contributed by atoms with Gasteiger partial charge in [0.15, 0.2) is 15.0 Å². The number of hydrogen-bond acceptors (Lipinski definition) is 20. The Labute approximate surface area is 944 Å². The van der Waals surface area contributed by atoms with Crippen LogP contribution in [0.15, 0.2) is 34.7 Å². The standard InChI is InChI=1S/2C12H11N2O2S.2C11H9N2O2S.C10H7N2O2S.15W.5Y/c1-6-5-9-12(17-6)11-8(3-4-16-9)10(7(2)15)13-14-11;1-6-5-9-11-8(3-4-16-12(9)17-6)10(7(2)15)13-14-11;1-5-3-8-11(16-5)10-7(4-15-8)9(6(2)14)12-13-10;1-5-3-7-10-8(4-15-11(7)16-5)9(6(2)14)12-13-10;1-4-3-6-8-9(14-10(6)15-4)7(5(2)13)11-12-8;;;;;;;;;;;;;;;;;;;;/h2*5H,2-4H2,1H3,(H,13,14,15);2*3H,2,4H2,1H3,(H,12,13,14);3H,2H2,1H3,(H,11,12,13);;;;;;;;;;;;;;;;;;;;/q5*-1;;;;;;;;;;;;;;;;;;;;/p-5. The molecule has 101 heavy (non-hydrogen) atoms. The van der Waals surface area contributed by atoms with Crippen molar-refractivity contribution in [3.05, 3.63) is 140 Å². The first-order valence-electron chi connectivity index (χ1n) is 24.5. The summed E-state index contributed by atoms with van der Waals surface area (Å²) in [5.74, 6) is 0.120. The van der Waals surface area contributed by atoms with Crippen LogP contribution in [0.4, 0.5) is 0 Å². The molecule has 20 nitrogen and oxygen atoms in total. The molecule has 11 aromatic heterocycles. The number of hydrogen-bond donors (Lipinski definition) is 0. The molecular formula is C56H42N10O10S5W15Y5-10. The molecule has 5 radical (unpaired) electrons. The molecule has 0 saturated carbocycles. The summed E-state index contributed by atoms with van der Waals surface area (Å²) in [5, 5.41) is 42.3. The Morgan fingerprint density at radius 1 is 0.376 bits per heavy atom. The number of fused-ring (bicyclic) bond motifs is 15. The largest absolute Gasteiger partial charge is 0.595 e. The van der Waals surface area contributed by atoms with Gasteiger partial charge >= 0.3 is 0 Å². The maximum absolute atomic E-state index is 11.4. The molecule has 45 heteroatoms. The number of aryl methyl sites for hydroxylation is 5. The summed E-state index contributed by atoms with van der Waals surface area (Å²) >= 11 is 7.92. The maximum atomic E-state index is 11.4. The van der Waals surface area contributed by atoms with Crippen molar-refractivity contribution in [2.24, 2.45) is 0 Å². The predicted octanol–water partition coefficient (Wildman–Crippen LogP) is 10.3. The summed E-state index contributed by atoms with van der Waals surface area (Å²) in [7, 11) is 0. The Kier molecular flexibility index (Phi) is 75.1. The Morgan fingerprint density at radius 3 is 1.15 bits per heavy atom. The van der Waals surface area contributed by atoms with E-state index in [4.69, 9.17) is 23.4 Å². The second kappa shape index (κ2) is 58.9. The minimum atomic E-state index is -0.365. The van der Waals surface area contributed by atoms with Gasteiger partial charge in [0.2, 0.25) is 0 Å². The van der Waals surface area contributed by atoms with E-state index in [1.54, 1.807) is 45.3 Å². The van der Waals surface area contributed by atoms with Gasteiger partial charge in [0.25, 0.3) is 0 Å². The van der Waals surface area contributed by atoms with Gasteiger partial charge < -0.3 is 98.3 Å². The average Bonchev–Trinajstić information content (AvgIpc) is 1.64. The molecule has 0 bridgehead atoms. The number of carbonyl (C=O) groups is 5. The Morgan fingerprint density at radius 2 is 0.703 bits per heavy atom. The van der Waals surface area contributed by atoms with Gasteiger partial charge in [0.1, 0.15) is 11.5 Å². The van der Waals surface area contributed by atoms with Crippen LogP contribution in [0.25, 0.3) is 65.0 Å². The molecule has 0 aliphatic carbocycles. The molecule has 0 spiro atoms. The molecule has 15 rings (SSSR count). The second-order valence-corrected chi connectivity index (χ2v) is 24.7. The van der Waals surface area contributed by atoms with Gasteiger partial charge in [0.05, 0.1) is 41.8 Å². The van der Waals surface area contributed by atoms with E-state index in [9.17, 15) is 24.0 Å². The second-order valence-electron chi connectivity index (χ2n) is 18.5. The number of furan rings is 1. The number of rotatable bonds is 5. The zero-order valence-corrected chi connectivity index (χ0v) is 115. The van der Waals surface area contributed by atoms with E-state index in [1.165, 1.54) is 11.3 Å². The normalized spacial score (nSPS) is 10.3. The zero-order valence-electron chi connectivity index (χ0n) is 52.8. The van der Waals surface area contributed by atoms with Crippen LogP contribution < -0.4 is 44.4 Å². The first-order valence-corrected chi connectivity index (χ1v) is 28.6. The SMILES string of the molecule is [CH2-]C(=O)c1n[n-]c2c1CCOc1cc(C)sc1-2.[CH2-]C(=O)c1n[n-]c2c1CCOc1sc(C)cc1-2.[CH2-]C(=O)c1n[n-]c2c1COc1cc(C)sc1-2.[CH2-]C(=O)c1n[n-]c2c1COc1sc(C)cc1-2.[CH2-]C(=O)c1n[n-]c2c1oc1sc(C)cc12.[W].[W].[W].[W].[W].[W].[W].[W].[W].[W].[W].[W].[W].[W].[W].[Y].[Y].[Y].[Y].[Y]. The van der Waals surface area contributed by atoms with Crippen LogP contribution in [0, 0.1) is 69.2 Å². The number of aromatic nitrogens is 10. The van der Waals surface area contributed by atoms with E-state index in [2.05, 4.69) is 85.6 Å². The fourth-order valence-electron chi connectivity index (χ4n) is 9.21. The number of nitrogens with zero attached hydrogens (tertiary/aromatic N) is 10. The Bertz CT molecular complexity index is 4170. The van der Waals surface area contributed by atoms with Crippen molar-refractivity contribution in [3.8, 4) is 65.3 Å². The summed E-state index contributed by atoms with van der Waals surface area (Å²) in [6.45, 7) is 28.7. The van der Waals surface area contributed by atoms with Crippen LogP contribution in [0.3, 0.4) is 0 Å². The average molecular weight is 4380 g/mol. The van der Waals surface area contributed by atoms with Crippen molar-refractivity contribution < 1.29 is 527 Å². The number of thiophene rings is 5. The molecule has 15 heterocycles. The molecule has 4 aliphatic rings. The van der Waals surface area contributed by atoms with Gasteiger partial charge in [-0.3, -0.25) is 0 Å². The van der Waals surface area contributed by atoms with Crippen LogP contribution in [-0.2, 0) is 506 Å². The van der Waals surface area contributed by atoms with Crippen molar-refractivity contribution in [2.45, 2.75) is 60.7 Å². The van der Waals surface area contributed by atoms with Crippen LogP contribution in [0.5, 0.6) is 21.6 Å². The van der Waals surface area contributed by atoms with Crippen molar-refractivity contribution in [1.82, 2.24) is 51.0 Å². The molecule has 0 fully saturated rings. The number of ketones is 5. The van der Waals surface area contributed by atoms with Gasteiger partial charge in [-0.1, -0.05) is 39.4 Å². The van der Waals surface area contributed by atoms with Gasteiger partial charge in [-0.2, -0.15) is 34.6 Å². The van der Waals surface area contributed by atoms with Gasteiger partial charge in [-0.05, 0) is 83.5 Å². The topological polar surface area (TPSA) is 270 Å². The minimum Gasteiger partial charge on any atom is -0.595 e. The fourth-order valence-corrected chi connectivity index (χ4v) is 13.7. The summed E-state index contributed by atoms with van der Waals surface area (Å²) < 4.78 is 28.0. The molecule has 4 aliphatic heterocycles. The third kappa shape index (κ3) is 30.1. The minimum absolute atomic E-state index is 0. The van der Waals surface area contributed by atoms with Crippen molar-refractivity contribution >= 4 is 107 Å². The van der Waals surface area contributed by atoms with E-state index in [0.29, 0.717) is 73.1 Å². The van der Waals surface area contributed by atoms with E-state index < -0.39 is 0 Å². The molecule has 11 aromatic rings. The quantitative estimate of drug-likeness (QED) is 0.114. The molecule has 0 amide bonds. The fraction of sp³-hybridized carbons (Fsp3) is 0.196. The molecule has 521 valence electrons. The van der Waals surface area contributed by atoms with E-state index in [-0.39, 0.29) is 514 Å². The molecule has 0 aromatic carbocycles. The van der Waals surface area contributed by atoms with Crippen LogP contribution in [-0.4, -0.2) is 67.6 Å². The summed E-state index contributed by atoms with van der Waals surface area (Å²) in [5.41, 5.74) is 10.9. The first kappa shape index (κ1) is 129. The zero-order chi connectivity index (χ0) is 57.1. The predicted molar refractivity (Wildman–Crippen MR) is 305 cm³/mol.